The summed E-state index contributed by atoms with van der Waals surface area (Å²) in [7, 11) is 1.62. The SMILES string of the molecule is CN[C@H](Cc1ccccc1)C(=O)OC(=O)[C@@H](O)C(C)C. The summed E-state index contributed by atoms with van der Waals surface area (Å²) in [6.45, 7) is 3.35. The highest BCUT2D eigenvalue weighted by Crippen LogP contribution is 2.07. The standard InChI is InChI=1S/C15H21NO4/c1-10(2)13(17)15(19)20-14(18)12(16-3)9-11-7-5-4-6-8-11/h4-8,10,12-13,16-17H,9H2,1-3H3/t12-,13+/m1/s1. The maximum absolute atomic E-state index is 11.9. The Bertz CT molecular complexity index is 444. The fourth-order valence-corrected chi connectivity index (χ4v) is 1.66. The Labute approximate surface area is 118 Å². The van der Waals surface area contributed by atoms with Crippen molar-refractivity contribution in [2.75, 3.05) is 7.05 Å². The Morgan fingerprint density at radius 2 is 1.80 bits per heavy atom. The number of nitrogens with one attached hydrogen (secondary N) is 1. The van der Waals surface area contributed by atoms with Gasteiger partial charge in [-0.25, -0.2) is 9.59 Å². The van der Waals surface area contributed by atoms with Crippen LogP contribution < -0.4 is 5.32 Å². The van der Waals surface area contributed by atoms with Gasteiger partial charge in [0.2, 0.25) is 0 Å². The van der Waals surface area contributed by atoms with Crippen LogP contribution in [-0.4, -0.2) is 36.2 Å². The zero-order valence-corrected chi connectivity index (χ0v) is 12.0. The van der Waals surface area contributed by atoms with Gasteiger partial charge in [0.15, 0.2) is 6.10 Å². The molecule has 0 heterocycles. The van der Waals surface area contributed by atoms with Crippen molar-refractivity contribution in [1.82, 2.24) is 5.32 Å². The van der Waals surface area contributed by atoms with E-state index >= 15 is 0 Å². The first kappa shape index (κ1) is 16.3. The highest BCUT2D eigenvalue weighted by atomic mass is 16.6. The van der Waals surface area contributed by atoms with E-state index in [4.69, 9.17) is 4.74 Å². The van der Waals surface area contributed by atoms with Crippen LogP contribution in [0.2, 0.25) is 0 Å². The molecule has 0 saturated carbocycles. The molecule has 1 rings (SSSR count). The van der Waals surface area contributed by atoms with Crippen molar-refractivity contribution in [2.45, 2.75) is 32.4 Å². The number of likely N-dealkylation sites (N-methyl/N-ethyl adjacent to an activating group) is 1. The van der Waals surface area contributed by atoms with Gasteiger partial charge in [-0.15, -0.1) is 0 Å². The number of aliphatic hydroxyl groups excluding tert-OH is 1. The maximum atomic E-state index is 11.9. The lowest BCUT2D eigenvalue weighted by molar-refractivity contribution is -0.168. The van der Waals surface area contributed by atoms with Crippen LogP contribution in [0.25, 0.3) is 0 Å². The molecule has 1 aromatic rings. The van der Waals surface area contributed by atoms with Gasteiger partial charge >= 0.3 is 11.9 Å². The van der Waals surface area contributed by atoms with E-state index in [1.807, 2.05) is 30.3 Å². The second kappa shape index (κ2) is 7.77. The van der Waals surface area contributed by atoms with Gasteiger partial charge in [0.05, 0.1) is 0 Å². The second-order valence-electron chi connectivity index (χ2n) is 4.96. The number of carbonyl (C=O) groups excluding carboxylic acids is 2. The molecule has 1 aromatic carbocycles. The Kier molecular flexibility index (Phi) is 6.35. The third-order valence-electron chi connectivity index (χ3n) is 2.99. The summed E-state index contributed by atoms with van der Waals surface area (Å²) in [6.07, 6.45) is -0.866. The number of carbonyl (C=O) groups is 2. The van der Waals surface area contributed by atoms with Crippen molar-refractivity contribution in [1.29, 1.82) is 0 Å². The lowest BCUT2D eigenvalue weighted by Gasteiger charge is -2.17. The summed E-state index contributed by atoms with van der Waals surface area (Å²) in [5.41, 5.74) is 0.959. The third kappa shape index (κ3) is 4.75. The van der Waals surface area contributed by atoms with Crippen molar-refractivity contribution in [3.8, 4) is 0 Å². The quantitative estimate of drug-likeness (QED) is 0.598. The lowest BCUT2D eigenvalue weighted by atomic mass is 10.1. The minimum Gasteiger partial charge on any atom is -0.390 e. The third-order valence-corrected chi connectivity index (χ3v) is 2.99. The zero-order valence-electron chi connectivity index (χ0n) is 12.0. The number of hydrogen-bond acceptors (Lipinski definition) is 5. The largest absolute Gasteiger partial charge is 0.390 e. The van der Waals surface area contributed by atoms with Crippen LogP contribution in [0.3, 0.4) is 0 Å². The first-order valence-corrected chi connectivity index (χ1v) is 6.60. The van der Waals surface area contributed by atoms with E-state index in [0.717, 1.165) is 5.56 Å². The molecule has 20 heavy (non-hydrogen) atoms. The molecule has 0 radical (unpaired) electrons. The molecular weight excluding hydrogens is 258 g/mol. The highest BCUT2D eigenvalue weighted by molar-refractivity contribution is 5.90. The summed E-state index contributed by atoms with van der Waals surface area (Å²) in [6, 6.07) is 8.80. The molecule has 0 unspecified atom stereocenters. The van der Waals surface area contributed by atoms with Crippen LogP contribution in [-0.2, 0) is 20.7 Å². The molecule has 5 nitrogen and oxygen atoms in total. The van der Waals surface area contributed by atoms with Gasteiger partial charge in [-0.3, -0.25) is 0 Å². The highest BCUT2D eigenvalue weighted by Gasteiger charge is 2.27. The van der Waals surface area contributed by atoms with Crippen LogP contribution in [0.15, 0.2) is 30.3 Å². The summed E-state index contributed by atoms with van der Waals surface area (Å²) >= 11 is 0. The number of hydrogen-bond donors (Lipinski definition) is 2. The summed E-state index contributed by atoms with van der Waals surface area (Å²) in [5, 5.41) is 12.4. The van der Waals surface area contributed by atoms with Crippen LogP contribution in [0, 0.1) is 5.92 Å². The topological polar surface area (TPSA) is 75.6 Å². The number of benzene rings is 1. The van der Waals surface area contributed by atoms with Crippen LogP contribution >= 0.6 is 0 Å². The minimum atomic E-state index is -1.28. The molecule has 0 fully saturated rings. The molecule has 0 aliphatic carbocycles. The molecule has 2 atom stereocenters. The predicted octanol–water partition coefficient (Wildman–Crippen LogP) is 0.904. The first-order valence-electron chi connectivity index (χ1n) is 6.60. The molecule has 0 aliphatic heterocycles. The fourth-order valence-electron chi connectivity index (χ4n) is 1.66. The summed E-state index contributed by atoms with van der Waals surface area (Å²) in [4.78, 5) is 23.4. The minimum absolute atomic E-state index is 0.294. The summed E-state index contributed by atoms with van der Waals surface area (Å²) < 4.78 is 4.71. The van der Waals surface area contributed by atoms with E-state index in [1.54, 1.807) is 20.9 Å². The zero-order chi connectivity index (χ0) is 15.1. The molecule has 0 aliphatic rings. The van der Waals surface area contributed by atoms with Crippen LogP contribution in [0.1, 0.15) is 19.4 Å². The molecule has 0 saturated heterocycles. The van der Waals surface area contributed by atoms with Gasteiger partial charge in [0.25, 0.3) is 0 Å². The molecule has 0 bridgehead atoms. The van der Waals surface area contributed by atoms with Crippen LogP contribution in [0.5, 0.6) is 0 Å². The van der Waals surface area contributed by atoms with Gasteiger partial charge in [-0.2, -0.15) is 0 Å². The number of esters is 2. The average molecular weight is 279 g/mol. The van der Waals surface area contributed by atoms with Gasteiger partial charge < -0.3 is 15.2 Å². The molecule has 110 valence electrons. The van der Waals surface area contributed by atoms with E-state index in [-0.39, 0.29) is 5.92 Å². The van der Waals surface area contributed by atoms with Gasteiger partial charge in [0, 0.05) is 0 Å². The monoisotopic (exact) mass is 279 g/mol. The smallest absolute Gasteiger partial charge is 0.342 e. The number of aliphatic hydroxyl groups is 1. The fraction of sp³-hybridized carbons (Fsp3) is 0.467. The van der Waals surface area contributed by atoms with E-state index in [2.05, 4.69) is 5.32 Å². The summed E-state index contributed by atoms with van der Waals surface area (Å²) in [5.74, 6) is -1.88. The van der Waals surface area contributed by atoms with Gasteiger partial charge in [-0.05, 0) is 24.9 Å². The van der Waals surface area contributed by atoms with E-state index in [1.165, 1.54) is 0 Å². The number of ether oxygens (including phenoxy) is 1. The van der Waals surface area contributed by atoms with Gasteiger partial charge in [-0.1, -0.05) is 44.2 Å². The lowest BCUT2D eigenvalue weighted by Crippen LogP contribution is -2.41. The molecule has 5 heteroatoms. The van der Waals surface area contributed by atoms with Crippen molar-refractivity contribution < 1.29 is 19.4 Å². The molecule has 0 amide bonds. The molecule has 2 N–H and O–H groups in total. The normalized spacial score (nSPS) is 13.8. The van der Waals surface area contributed by atoms with Crippen molar-refractivity contribution in [3.63, 3.8) is 0 Å². The Balaban J connectivity index is 2.62. The molecular formula is C15H21NO4. The van der Waals surface area contributed by atoms with Crippen LogP contribution in [0.4, 0.5) is 0 Å². The first-order chi connectivity index (χ1) is 9.45. The predicted molar refractivity (Wildman–Crippen MR) is 74.9 cm³/mol. The van der Waals surface area contributed by atoms with Crippen molar-refractivity contribution >= 4 is 11.9 Å². The van der Waals surface area contributed by atoms with Crippen molar-refractivity contribution in [3.05, 3.63) is 35.9 Å². The number of rotatable bonds is 6. The van der Waals surface area contributed by atoms with E-state index < -0.39 is 24.1 Å². The maximum Gasteiger partial charge on any atom is 0.342 e. The second-order valence-corrected chi connectivity index (χ2v) is 4.96. The van der Waals surface area contributed by atoms with Crippen molar-refractivity contribution in [2.24, 2.45) is 5.92 Å². The Morgan fingerprint density at radius 1 is 1.20 bits per heavy atom. The Hall–Kier alpha value is -1.72. The van der Waals surface area contributed by atoms with Gasteiger partial charge in [0.1, 0.15) is 6.04 Å². The average Bonchev–Trinajstić information content (AvgIpc) is 2.44. The molecule has 0 aromatic heterocycles. The molecule has 0 spiro atoms. The van der Waals surface area contributed by atoms with E-state index in [0.29, 0.717) is 6.42 Å². The Morgan fingerprint density at radius 3 is 2.30 bits per heavy atom. The van der Waals surface area contributed by atoms with E-state index in [9.17, 15) is 14.7 Å².